The van der Waals surface area contributed by atoms with Crippen molar-refractivity contribution >= 4 is 11.6 Å². The van der Waals surface area contributed by atoms with Crippen molar-refractivity contribution < 1.29 is 9.53 Å². The van der Waals surface area contributed by atoms with E-state index in [1.165, 1.54) is 0 Å². The lowest BCUT2D eigenvalue weighted by Gasteiger charge is -2.47. The number of carbonyl (C=O) groups is 1. The molecule has 31 heavy (non-hydrogen) atoms. The summed E-state index contributed by atoms with van der Waals surface area (Å²) >= 11 is 0. The van der Waals surface area contributed by atoms with E-state index >= 15 is 0 Å². The first kappa shape index (κ1) is 21.0. The van der Waals surface area contributed by atoms with Gasteiger partial charge in [-0.15, -0.1) is 0 Å². The summed E-state index contributed by atoms with van der Waals surface area (Å²) in [4.78, 5) is 15.5. The molecule has 0 bridgehead atoms. The second-order valence-electron chi connectivity index (χ2n) is 8.68. The fraction of sp³-hybridized carbons (Fsp3) is 0.296. The number of amides is 1. The number of hydrogen-bond acceptors (Lipinski definition) is 3. The van der Waals surface area contributed by atoms with Crippen molar-refractivity contribution in [1.29, 1.82) is 0 Å². The summed E-state index contributed by atoms with van der Waals surface area (Å²) in [6.45, 7) is 7.64. The molecule has 4 rings (SSSR count). The van der Waals surface area contributed by atoms with Gasteiger partial charge in [-0.25, -0.2) is 0 Å². The van der Waals surface area contributed by atoms with E-state index < -0.39 is 5.66 Å². The molecule has 0 aromatic heterocycles. The molecule has 0 saturated carbocycles. The smallest absolute Gasteiger partial charge is 0.258 e. The van der Waals surface area contributed by atoms with E-state index in [1.54, 1.807) is 0 Å². The minimum atomic E-state index is -0.710. The van der Waals surface area contributed by atoms with Crippen molar-refractivity contribution in [2.24, 2.45) is 5.92 Å². The lowest BCUT2D eigenvalue weighted by atomic mass is 9.92. The first-order valence-electron chi connectivity index (χ1n) is 10.9. The highest BCUT2D eigenvalue weighted by molar-refractivity contribution is 6.02. The Morgan fingerprint density at radius 3 is 2.48 bits per heavy atom. The average Bonchev–Trinajstić information content (AvgIpc) is 2.77. The first-order chi connectivity index (χ1) is 15.0. The summed E-state index contributed by atoms with van der Waals surface area (Å²) in [5, 5.41) is 3.64. The van der Waals surface area contributed by atoms with E-state index in [1.807, 2.05) is 65.6 Å². The molecule has 1 aliphatic heterocycles. The molecule has 160 valence electrons. The SMILES string of the molecule is CC(C)CCOc1cccc(C2(C)Nc3ccccc3C(=O)N2Cc2ccccc2)c1. The number of rotatable bonds is 7. The maximum Gasteiger partial charge on any atom is 0.258 e. The van der Waals surface area contributed by atoms with Crippen LogP contribution in [-0.2, 0) is 12.2 Å². The van der Waals surface area contributed by atoms with Crippen molar-refractivity contribution in [1.82, 2.24) is 4.90 Å². The van der Waals surface area contributed by atoms with Crippen LogP contribution in [0, 0.1) is 5.92 Å². The van der Waals surface area contributed by atoms with Gasteiger partial charge in [-0.2, -0.15) is 0 Å². The van der Waals surface area contributed by atoms with Crippen molar-refractivity contribution in [3.05, 3.63) is 95.6 Å². The molecule has 0 spiro atoms. The van der Waals surface area contributed by atoms with Gasteiger partial charge in [0.2, 0.25) is 0 Å². The molecule has 4 heteroatoms. The molecular formula is C27H30N2O2. The Morgan fingerprint density at radius 2 is 1.71 bits per heavy atom. The van der Waals surface area contributed by atoms with Crippen molar-refractivity contribution in [3.8, 4) is 5.75 Å². The van der Waals surface area contributed by atoms with E-state index in [-0.39, 0.29) is 5.91 Å². The fourth-order valence-electron chi connectivity index (χ4n) is 3.98. The van der Waals surface area contributed by atoms with Gasteiger partial charge in [0.25, 0.3) is 5.91 Å². The molecule has 4 nitrogen and oxygen atoms in total. The zero-order valence-electron chi connectivity index (χ0n) is 18.5. The van der Waals surface area contributed by atoms with Gasteiger partial charge in [-0.1, -0.05) is 68.4 Å². The minimum Gasteiger partial charge on any atom is -0.494 e. The summed E-state index contributed by atoms with van der Waals surface area (Å²) in [5.74, 6) is 1.44. The van der Waals surface area contributed by atoms with Crippen LogP contribution in [0.25, 0.3) is 0 Å². The second-order valence-corrected chi connectivity index (χ2v) is 8.68. The van der Waals surface area contributed by atoms with Crippen LogP contribution in [0.1, 0.15) is 48.7 Å². The number of para-hydroxylation sites is 1. The Labute approximate surface area is 184 Å². The van der Waals surface area contributed by atoms with Gasteiger partial charge < -0.3 is 15.0 Å². The molecule has 1 amide bonds. The summed E-state index contributed by atoms with van der Waals surface area (Å²) in [6, 6.07) is 25.9. The number of hydrogen-bond donors (Lipinski definition) is 1. The molecular weight excluding hydrogens is 384 g/mol. The molecule has 1 aliphatic rings. The van der Waals surface area contributed by atoms with Crippen LogP contribution in [0.3, 0.4) is 0 Å². The van der Waals surface area contributed by atoms with Crippen LogP contribution >= 0.6 is 0 Å². The van der Waals surface area contributed by atoms with E-state index in [2.05, 4.69) is 44.3 Å². The maximum atomic E-state index is 13.6. The summed E-state index contributed by atoms with van der Waals surface area (Å²) < 4.78 is 6.01. The quantitative estimate of drug-likeness (QED) is 0.511. The van der Waals surface area contributed by atoms with Gasteiger partial charge in [0, 0.05) is 17.8 Å². The number of ether oxygens (including phenoxy) is 1. The largest absolute Gasteiger partial charge is 0.494 e. The van der Waals surface area contributed by atoms with Crippen LogP contribution in [-0.4, -0.2) is 17.4 Å². The number of nitrogens with zero attached hydrogens (tertiary/aromatic N) is 1. The van der Waals surface area contributed by atoms with Crippen LogP contribution in [0.5, 0.6) is 5.75 Å². The topological polar surface area (TPSA) is 41.6 Å². The van der Waals surface area contributed by atoms with Crippen LogP contribution in [0.15, 0.2) is 78.9 Å². The average molecular weight is 415 g/mol. The van der Waals surface area contributed by atoms with Gasteiger partial charge >= 0.3 is 0 Å². The lowest BCUT2D eigenvalue weighted by molar-refractivity contribution is 0.0508. The second kappa shape index (κ2) is 8.84. The Bertz CT molecular complexity index is 1050. The number of nitrogens with one attached hydrogen (secondary N) is 1. The van der Waals surface area contributed by atoms with E-state index in [0.717, 1.165) is 29.0 Å². The highest BCUT2D eigenvalue weighted by atomic mass is 16.5. The third-order valence-electron chi connectivity index (χ3n) is 5.86. The van der Waals surface area contributed by atoms with Gasteiger partial charge in [0.15, 0.2) is 0 Å². The summed E-state index contributed by atoms with van der Waals surface area (Å²) in [7, 11) is 0. The third kappa shape index (κ3) is 4.43. The predicted molar refractivity (Wildman–Crippen MR) is 125 cm³/mol. The van der Waals surface area contributed by atoms with Crippen LogP contribution in [0.2, 0.25) is 0 Å². The number of carbonyl (C=O) groups excluding carboxylic acids is 1. The minimum absolute atomic E-state index is 0.0202. The molecule has 0 radical (unpaired) electrons. The Balaban J connectivity index is 1.71. The molecule has 1 unspecified atom stereocenters. The molecule has 3 aromatic carbocycles. The van der Waals surface area contributed by atoms with Crippen molar-refractivity contribution in [2.45, 2.75) is 39.4 Å². The first-order valence-corrected chi connectivity index (χ1v) is 10.9. The van der Waals surface area contributed by atoms with Crippen molar-refractivity contribution in [3.63, 3.8) is 0 Å². The fourth-order valence-corrected chi connectivity index (χ4v) is 3.98. The van der Waals surface area contributed by atoms with Gasteiger partial charge in [0.1, 0.15) is 11.4 Å². The van der Waals surface area contributed by atoms with E-state index in [4.69, 9.17) is 4.74 Å². The highest BCUT2D eigenvalue weighted by Gasteiger charge is 2.42. The summed E-state index contributed by atoms with van der Waals surface area (Å²) in [6.07, 6.45) is 1.01. The van der Waals surface area contributed by atoms with Gasteiger partial charge in [-0.3, -0.25) is 4.79 Å². The van der Waals surface area contributed by atoms with E-state index in [0.29, 0.717) is 24.6 Å². The summed E-state index contributed by atoms with van der Waals surface area (Å²) in [5.41, 5.74) is 2.92. The van der Waals surface area contributed by atoms with Gasteiger partial charge in [-0.05, 0) is 49.1 Å². The van der Waals surface area contributed by atoms with Gasteiger partial charge in [0.05, 0.1) is 12.2 Å². The normalized spacial score (nSPS) is 17.9. The molecule has 1 heterocycles. The molecule has 1 atom stereocenters. The van der Waals surface area contributed by atoms with Crippen LogP contribution < -0.4 is 10.1 Å². The number of benzene rings is 3. The number of anilines is 1. The monoisotopic (exact) mass is 414 g/mol. The zero-order valence-corrected chi connectivity index (χ0v) is 18.5. The molecule has 3 aromatic rings. The third-order valence-corrected chi connectivity index (χ3v) is 5.86. The van der Waals surface area contributed by atoms with E-state index in [9.17, 15) is 4.79 Å². The molecule has 0 fully saturated rings. The Hall–Kier alpha value is -3.27. The highest BCUT2D eigenvalue weighted by Crippen LogP contribution is 2.39. The van der Waals surface area contributed by atoms with Crippen LogP contribution in [0.4, 0.5) is 5.69 Å². The number of fused-ring (bicyclic) bond motifs is 1. The Morgan fingerprint density at radius 1 is 0.968 bits per heavy atom. The lowest BCUT2D eigenvalue weighted by Crippen LogP contribution is -2.55. The predicted octanol–water partition coefficient (Wildman–Crippen LogP) is 6.05. The maximum absolute atomic E-state index is 13.6. The molecule has 0 aliphatic carbocycles. The Kier molecular flexibility index (Phi) is 5.99. The van der Waals surface area contributed by atoms with Crippen molar-refractivity contribution in [2.75, 3.05) is 11.9 Å². The molecule has 1 N–H and O–H groups in total. The molecule has 0 saturated heterocycles. The standard InChI is InChI=1S/C27H30N2O2/c1-20(2)16-17-31-23-13-9-12-22(18-23)27(3)28-25-15-8-7-14-24(25)26(30)29(27)19-21-10-5-4-6-11-21/h4-15,18,20,28H,16-17,19H2,1-3H3. The zero-order chi connectivity index (χ0) is 21.8.